The second-order valence-corrected chi connectivity index (χ2v) is 9.13. The molecule has 0 amide bonds. The van der Waals surface area contributed by atoms with Gasteiger partial charge in [-0.3, -0.25) is 4.79 Å². The monoisotopic (exact) mass is 357 g/mol. The minimum absolute atomic E-state index is 0.298. The minimum atomic E-state index is -0.915. The molecule has 1 saturated heterocycles. The van der Waals surface area contributed by atoms with Crippen LogP contribution in [0, 0.1) is 11.3 Å². The predicted octanol–water partition coefficient (Wildman–Crippen LogP) is 3.91. The molecule has 1 saturated carbocycles. The van der Waals surface area contributed by atoms with Gasteiger partial charge in [-0.1, -0.05) is 18.9 Å². The Labute approximate surface area is 156 Å². The molecule has 4 heteroatoms. The summed E-state index contributed by atoms with van der Waals surface area (Å²) in [5, 5.41) is 13.2. The van der Waals surface area contributed by atoms with Crippen molar-refractivity contribution in [3.8, 4) is 5.75 Å². The lowest BCUT2D eigenvalue weighted by atomic mass is 9.53. The highest BCUT2D eigenvalue weighted by Gasteiger charge is 2.51. The molecule has 4 rings (SSSR count). The molecule has 2 fully saturated rings. The van der Waals surface area contributed by atoms with Gasteiger partial charge in [0.25, 0.3) is 0 Å². The maximum atomic E-state index is 11.5. The van der Waals surface area contributed by atoms with Crippen molar-refractivity contribution in [3.63, 3.8) is 0 Å². The first-order valence-corrected chi connectivity index (χ1v) is 10.1. The lowest BCUT2D eigenvalue weighted by molar-refractivity contribution is -0.151. The van der Waals surface area contributed by atoms with Crippen LogP contribution in [-0.2, 0) is 16.6 Å². The van der Waals surface area contributed by atoms with E-state index in [1.165, 1.54) is 43.2 Å². The number of hydrogen-bond donors (Lipinski definition) is 2. The fourth-order valence-corrected chi connectivity index (χ4v) is 5.50. The van der Waals surface area contributed by atoms with E-state index in [-0.39, 0.29) is 6.10 Å². The van der Waals surface area contributed by atoms with Crippen LogP contribution in [0.1, 0.15) is 64.0 Å². The Hall–Kier alpha value is -1.55. The molecule has 0 radical (unpaired) electrons. The van der Waals surface area contributed by atoms with Gasteiger partial charge in [0.15, 0.2) is 0 Å². The summed E-state index contributed by atoms with van der Waals surface area (Å²) in [4.78, 5) is 11.5. The van der Waals surface area contributed by atoms with Crippen LogP contribution in [0.15, 0.2) is 18.2 Å². The second-order valence-electron chi connectivity index (χ2n) is 9.13. The fraction of sp³-hybridized carbons (Fsp3) is 0.682. The topological polar surface area (TPSA) is 58.6 Å². The SMILES string of the molecule is CC(Oc1ccc2c(c1)[C@@]13CCCC[C@H]1[C@@H](C2)NCC3)C(C)(C)C(=O)O. The van der Waals surface area contributed by atoms with E-state index < -0.39 is 11.4 Å². The van der Waals surface area contributed by atoms with Crippen molar-refractivity contribution >= 4 is 5.97 Å². The number of hydrogen-bond acceptors (Lipinski definition) is 3. The van der Waals surface area contributed by atoms with Crippen molar-refractivity contribution in [2.75, 3.05) is 6.54 Å². The van der Waals surface area contributed by atoms with E-state index in [0.29, 0.717) is 11.5 Å². The molecule has 2 N–H and O–H groups in total. The number of aliphatic carboxylic acids is 1. The van der Waals surface area contributed by atoms with Gasteiger partial charge >= 0.3 is 5.97 Å². The van der Waals surface area contributed by atoms with E-state index in [1.54, 1.807) is 13.8 Å². The van der Waals surface area contributed by atoms with Gasteiger partial charge in [0.05, 0.1) is 5.41 Å². The molecule has 26 heavy (non-hydrogen) atoms. The Morgan fingerprint density at radius 2 is 2.15 bits per heavy atom. The molecular formula is C22H31NO3. The van der Waals surface area contributed by atoms with E-state index in [9.17, 15) is 9.90 Å². The average Bonchev–Trinajstić information content (AvgIpc) is 2.62. The fourth-order valence-electron chi connectivity index (χ4n) is 5.50. The van der Waals surface area contributed by atoms with Crippen molar-refractivity contribution in [1.29, 1.82) is 0 Å². The third-order valence-corrected chi connectivity index (χ3v) is 7.50. The first kappa shape index (κ1) is 17.8. The summed E-state index contributed by atoms with van der Waals surface area (Å²) in [7, 11) is 0. The summed E-state index contributed by atoms with van der Waals surface area (Å²) in [5.41, 5.74) is 2.32. The molecule has 1 aromatic rings. The van der Waals surface area contributed by atoms with Crippen molar-refractivity contribution in [2.45, 2.75) is 76.9 Å². The molecular weight excluding hydrogens is 326 g/mol. The third-order valence-electron chi connectivity index (χ3n) is 7.50. The van der Waals surface area contributed by atoms with Gasteiger partial charge in [0, 0.05) is 11.5 Å². The zero-order valence-electron chi connectivity index (χ0n) is 16.2. The van der Waals surface area contributed by atoms with Gasteiger partial charge in [0.1, 0.15) is 11.9 Å². The van der Waals surface area contributed by atoms with Gasteiger partial charge in [-0.25, -0.2) is 0 Å². The maximum Gasteiger partial charge on any atom is 0.312 e. The number of piperidine rings is 1. The zero-order chi connectivity index (χ0) is 18.5. The van der Waals surface area contributed by atoms with E-state index >= 15 is 0 Å². The summed E-state index contributed by atoms with van der Waals surface area (Å²) >= 11 is 0. The smallest absolute Gasteiger partial charge is 0.312 e. The number of carboxylic acids is 1. The number of carbonyl (C=O) groups is 1. The van der Waals surface area contributed by atoms with E-state index in [4.69, 9.17) is 4.74 Å². The first-order valence-electron chi connectivity index (χ1n) is 10.1. The Morgan fingerprint density at radius 1 is 1.35 bits per heavy atom. The molecule has 2 aliphatic carbocycles. The standard InChI is InChI=1S/C22H31NO3/c1-14(21(2,3)20(24)25)26-16-8-7-15-12-19-17-6-4-5-9-22(17,10-11-23-19)18(15)13-16/h7-8,13-14,17,19,23H,4-6,9-12H2,1-3H3,(H,24,25)/t14?,17-,19+,22+/m0/s1. The lowest BCUT2D eigenvalue weighted by Crippen LogP contribution is -2.59. The normalized spacial score (nSPS) is 31.5. The first-order chi connectivity index (χ1) is 12.3. The van der Waals surface area contributed by atoms with Crippen LogP contribution in [0.4, 0.5) is 0 Å². The van der Waals surface area contributed by atoms with Gasteiger partial charge in [-0.15, -0.1) is 0 Å². The number of ether oxygens (including phenoxy) is 1. The van der Waals surface area contributed by atoms with E-state index in [2.05, 4.69) is 17.4 Å². The van der Waals surface area contributed by atoms with Crippen LogP contribution in [0.2, 0.25) is 0 Å². The molecule has 3 aliphatic rings. The quantitative estimate of drug-likeness (QED) is 0.858. The lowest BCUT2D eigenvalue weighted by Gasteiger charge is -2.56. The average molecular weight is 357 g/mol. The molecule has 142 valence electrons. The van der Waals surface area contributed by atoms with Crippen molar-refractivity contribution in [2.24, 2.45) is 11.3 Å². The van der Waals surface area contributed by atoms with Gasteiger partial charge < -0.3 is 15.2 Å². The Bertz CT molecular complexity index is 709. The van der Waals surface area contributed by atoms with Gasteiger partial charge in [0.2, 0.25) is 0 Å². The van der Waals surface area contributed by atoms with Crippen LogP contribution in [0.5, 0.6) is 5.75 Å². The molecule has 0 aromatic heterocycles. The van der Waals surface area contributed by atoms with Crippen LogP contribution in [-0.4, -0.2) is 29.8 Å². The molecule has 1 heterocycles. The highest BCUT2D eigenvalue weighted by Crippen LogP contribution is 2.54. The Morgan fingerprint density at radius 3 is 2.92 bits per heavy atom. The molecule has 4 nitrogen and oxygen atoms in total. The number of rotatable bonds is 4. The number of fused-ring (bicyclic) bond motifs is 1. The van der Waals surface area contributed by atoms with Crippen LogP contribution < -0.4 is 10.1 Å². The van der Waals surface area contributed by atoms with Crippen molar-refractivity contribution in [3.05, 3.63) is 29.3 Å². The predicted molar refractivity (Wildman–Crippen MR) is 102 cm³/mol. The summed E-state index contributed by atoms with van der Waals surface area (Å²) in [6, 6.07) is 7.11. The Kier molecular flexibility index (Phi) is 4.30. The highest BCUT2D eigenvalue weighted by atomic mass is 16.5. The summed E-state index contributed by atoms with van der Waals surface area (Å²) in [6.07, 6.45) is 7.20. The van der Waals surface area contributed by atoms with Crippen LogP contribution in [0.25, 0.3) is 0 Å². The van der Waals surface area contributed by atoms with Crippen LogP contribution >= 0.6 is 0 Å². The van der Waals surface area contributed by atoms with Gasteiger partial charge in [-0.05, 0) is 82.2 Å². The van der Waals surface area contributed by atoms with Crippen molar-refractivity contribution in [1.82, 2.24) is 5.32 Å². The number of nitrogens with one attached hydrogen (secondary N) is 1. The molecule has 4 atom stereocenters. The number of benzene rings is 1. The zero-order valence-corrected chi connectivity index (χ0v) is 16.2. The largest absolute Gasteiger partial charge is 0.490 e. The number of carboxylic acid groups (broad SMARTS) is 1. The summed E-state index contributed by atoms with van der Waals surface area (Å²) in [5.74, 6) is 0.733. The molecule has 1 unspecified atom stereocenters. The third kappa shape index (κ3) is 2.65. The second kappa shape index (κ2) is 6.26. The molecule has 0 spiro atoms. The molecule has 1 aliphatic heterocycles. The molecule has 1 aromatic carbocycles. The van der Waals surface area contributed by atoms with Crippen molar-refractivity contribution < 1.29 is 14.6 Å². The summed E-state index contributed by atoms with van der Waals surface area (Å²) < 4.78 is 6.12. The van der Waals surface area contributed by atoms with Crippen LogP contribution in [0.3, 0.4) is 0 Å². The Balaban J connectivity index is 1.67. The molecule has 2 bridgehead atoms. The minimum Gasteiger partial charge on any atom is -0.490 e. The summed E-state index contributed by atoms with van der Waals surface area (Å²) in [6.45, 7) is 6.42. The maximum absolute atomic E-state index is 11.5. The van der Waals surface area contributed by atoms with E-state index in [1.807, 2.05) is 13.0 Å². The van der Waals surface area contributed by atoms with Gasteiger partial charge in [-0.2, -0.15) is 0 Å². The van der Waals surface area contributed by atoms with E-state index in [0.717, 1.165) is 24.6 Å². The highest BCUT2D eigenvalue weighted by molar-refractivity contribution is 5.74.